The maximum atomic E-state index is 13.9. The summed E-state index contributed by atoms with van der Waals surface area (Å²) in [5.74, 6) is -2.78. The molecule has 1 saturated heterocycles. The summed E-state index contributed by atoms with van der Waals surface area (Å²) in [7, 11) is -2.93. The highest BCUT2D eigenvalue weighted by Crippen LogP contribution is 2.31. The predicted octanol–water partition coefficient (Wildman–Crippen LogP) is 5.11. The zero-order valence-corrected chi connectivity index (χ0v) is 18.9. The minimum atomic E-state index is -2.93. The molecule has 2 heterocycles. The van der Waals surface area contributed by atoms with Crippen LogP contribution in [0.5, 0.6) is 0 Å². The Morgan fingerprint density at radius 1 is 1.31 bits per heavy atom. The van der Waals surface area contributed by atoms with Crippen molar-refractivity contribution in [1.82, 2.24) is 4.98 Å². The van der Waals surface area contributed by atoms with Crippen molar-refractivity contribution in [2.45, 2.75) is 42.9 Å². The third-order valence-corrected chi connectivity index (χ3v) is 6.49. The fourth-order valence-corrected chi connectivity index (χ4v) is 4.28. The molecule has 1 aromatic heterocycles. The van der Waals surface area contributed by atoms with Crippen molar-refractivity contribution >= 4 is 27.1 Å². The topological polar surface area (TPSA) is 86.2 Å². The lowest BCUT2D eigenvalue weighted by molar-refractivity contribution is -0.0102. The Balaban J connectivity index is 1.92. The summed E-state index contributed by atoms with van der Waals surface area (Å²) in [5.41, 5.74) is 1.44. The smallest absolute Gasteiger partial charge is 0.259 e. The highest BCUT2D eigenvalue weighted by atomic mass is 32.2. The molecule has 1 unspecified atom stereocenters. The van der Waals surface area contributed by atoms with Gasteiger partial charge in [-0.1, -0.05) is 12.1 Å². The third kappa shape index (κ3) is 6.12. The van der Waals surface area contributed by atoms with E-state index < -0.39 is 21.6 Å². The molecule has 6 nitrogen and oxygen atoms in total. The number of rotatable bonds is 7. The van der Waals surface area contributed by atoms with Gasteiger partial charge in [-0.25, -0.2) is 22.8 Å². The molecule has 2 N–H and O–H groups in total. The van der Waals surface area contributed by atoms with E-state index in [4.69, 9.17) is 4.78 Å². The molecule has 0 spiro atoms. The number of carbonyl (C=O) groups is 1. The average molecular weight is 463 g/mol. The first-order valence-corrected chi connectivity index (χ1v) is 12.4. The fraction of sp³-hybridized carbons (Fsp3) is 0.391. The maximum Gasteiger partial charge on any atom is 0.259 e. The van der Waals surface area contributed by atoms with E-state index in [9.17, 15) is 17.8 Å². The van der Waals surface area contributed by atoms with E-state index in [2.05, 4.69) is 16.9 Å². The molecular weight excluding hydrogens is 434 g/mol. The van der Waals surface area contributed by atoms with E-state index in [1.54, 1.807) is 41.3 Å². The lowest BCUT2D eigenvalue weighted by atomic mass is 10.1. The summed E-state index contributed by atoms with van der Waals surface area (Å²) in [6.07, 6.45) is 4.28. The van der Waals surface area contributed by atoms with E-state index in [1.807, 2.05) is 0 Å². The maximum absolute atomic E-state index is 13.9. The van der Waals surface area contributed by atoms with Gasteiger partial charge in [-0.3, -0.25) is 4.79 Å². The Morgan fingerprint density at radius 3 is 2.81 bits per heavy atom. The molecule has 2 aromatic rings. The van der Waals surface area contributed by atoms with Crippen molar-refractivity contribution in [1.29, 1.82) is 4.78 Å². The molecule has 1 aliphatic rings. The van der Waals surface area contributed by atoms with Crippen LogP contribution < -0.4 is 10.2 Å². The number of hydrogen-bond donors (Lipinski definition) is 2. The number of amides is 1. The molecular formula is C23H28F2N4O2S. The number of hydrogen-bond acceptors (Lipinski definition) is 5. The van der Waals surface area contributed by atoms with Crippen LogP contribution in [0.4, 0.5) is 20.3 Å². The Morgan fingerprint density at radius 2 is 2.09 bits per heavy atom. The van der Waals surface area contributed by atoms with Crippen molar-refractivity contribution < 1.29 is 17.8 Å². The van der Waals surface area contributed by atoms with Gasteiger partial charge < -0.3 is 10.2 Å². The monoisotopic (exact) mass is 462 g/mol. The molecule has 0 aliphatic carbocycles. The van der Waals surface area contributed by atoms with Gasteiger partial charge in [0.2, 0.25) is 5.92 Å². The number of nitrogens with zero attached hydrogens (tertiary/aromatic N) is 2. The highest BCUT2D eigenvalue weighted by Gasteiger charge is 2.33. The number of nitrogens with one attached hydrogen (secondary N) is 2. The molecule has 0 bridgehead atoms. The van der Waals surface area contributed by atoms with E-state index in [0.29, 0.717) is 42.2 Å². The number of alkyl halides is 2. The van der Waals surface area contributed by atoms with Crippen LogP contribution in [0.3, 0.4) is 0 Å². The Labute approximate surface area is 187 Å². The van der Waals surface area contributed by atoms with Gasteiger partial charge in [-0.2, -0.15) is 0 Å². The molecule has 3 rings (SSSR count). The van der Waals surface area contributed by atoms with Crippen LogP contribution in [0.25, 0.3) is 0 Å². The van der Waals surface area contributed by atoms with Crippen molar-refractivity contribution in [3.8, 4) is 0 Å². The Bertz CT molecular complexity index is 1100. The first-order chi connectivity index (χ1) is 15.1. The zero-order chi connectivity index (χ0) is 23.4. The second-order valence-corrected chi connectivity index (χ2v) is 10.2. The second-order valence-electron chi connectivity index (χ2n) is 8.02. The van der Waals surface area contributed by atoms with Gasteiger partial charge in [0.1, 0.15) is 5.82 Å². The van der Waals surface area contributed by atoms with E-state index in [0.717, 1.165) is 5.69 Å². The van der Waals surface area contributed by atoms with Crippen LogP contribution in [-0.2, 0) is 16.1 Å². The van der Waals surface area contributed by atoms with Gasteiger partial charge in [0.05, 0.1) is 15.3 Å². The van der Waals surface area contributed by atoms with Crippen LogP contribution in [0.2, 0.25) is 0 Å². The summed E-state index contributed by atoms with van der Waals surface area (Å²) in [6, 6.07) is 9.76. The number of anilines is 2. The molecule has 1 atom stereocenters. The van der Waals surface area contributed by atoms with Crippen molar-refractivity contribution in [2.24, 2.45) is 0 Å². The SMILES string of the molecule is C=CCCc1ccc(C(=O)Nc2cccc(S(C)(=N)=O)c2)c(N2CCCC(F)(F)CC2)n1. The predicted molar refractivity (Wildman–Crippen MR) is 123 cm³/mol. The van der Waals surface area contributed by atoms with Crippen molar-refractivity contribution in [3.05, 3.63) is 60.3 Å². The summed E-state index contributed by atoms with van der Waals surface area (Å²) in [6.45, 7) is 4.21. The molecule has 9 heteroatoms. The standard InChI is InChI=1S/C23H28F2N4O2S/c1-3-4-7-17-10-11-20(21(27-17)29-14-6-12-23(24,25)13-15-29)22(30)28-18-8-5-9-19(16-18)32(2,26)31/h3,5,8-11,16,26H,1,4,6-7,12-15H2,2H3,(H,28,30). The Hall–Kier alpha value is -2.81. The van der Waals surface area contributed by atoms with Gasteiger partial charge in [0.15, 0.2) is 0 Å². The highest BCUT2D eigenvalue weighted by molar-refractivity contribution is 7.91. The van der Waals surface area contributed by atoms with Crippen molar-refractivity contribution in [2.75, 3.05) is 29.6 Å². The first-order valence-electron chi connectivity index (χ1n) is 10.5. The molecule has 172 valence electrons. The summed E-state index contributed by atoms with van der Waals surface area (Å²) < 4.78 is 47.6. The van der Waals surface area contributed by atoms with Crippen LogP contribution in [0.15, 0.2) is 53.9 Å². The number of aryl methyl sites for hydroxylation is 1. The van der Waals surface area contributed by atoms with Gasteiger partial charge in [-0.15, -0.1) is 6.58 Å². The van der Waals surface area contributed by atoms with Gasteiger partial charge in [0, 0.05) is 48.5 Å². The Kier molecular flexibility index (Phi) is 7.28. The van der Waals surface area contributed by atoms with Crippen LogP contribution in [0, 0.1) is 4.78 Å². The molecule has 1 amide bonds. The van der Waals surface area contributed by atoms with E-state index in [1.165, 1.54) is 12.3 Å². The second kappa shape index (κ2) is 9.77. The molecule has 1 aromatic carbocycles. The summed E-state index contributed by atoms with van der Waals surface area (Å²) >= 11 is 0. The molecule has 1 fully saturated rings. The normalized spacial score (nSPS) is 17.8. The van der Waals surface area contributed by atoms with Gasteiger partial charge in [-0.05, 0) is 49.6 Å². The minimum absolute atomic E-state index is 0.109. The lowest BCUT2D eigenvalue weighted by Gasteiger charge is -2.24. The summed E-state index contributed by atoms with van der Waals surface area (Å²) in [5, 5.41) is 2.77. The molecule has 1 aliphatic heterocycles. The lowest BCUT2D eigenvalue weighted by Crippen LogP contribution is -2.29. The first kappa shape index (κ1) is 23.8. The molecule has 0 saturated carbocycles. The zero-order valence-electron chi connectivity index (χ0n) is 18.1. The van der Waals surface area contributed by atoms with Crippen molar-refractivity contribution in [3.63, 3.8) is 0 Å². The van der Waals surface area contributed by atoms with E-state index in [-0.39, 0.29) is 24.9 Å². The van der Waals surface area contributed by atoms with Crippen LogP contribution in [0.1, 0.15) is 41.7 Å². The van der Waals surface area contributed by atoms with Gasteiger partial charge >= 0.3 is 0 Å². The molecule has 0 radical (unpaired) electrons. The quantitative estimate of drug-likeness (QED) is 0.560. The van der Waals surface area contributed by atoms with E-state index >= 15 is 0 Å². The largest absolute Gasteiger partial charge is 0.356 e. The fourth-order valence-electron chi connectivity index (χ4n) is 3.59. The average Bonchev–Trinajstić information content (AvgIpc) is 2.92. The van der Waals surface area contributed by atoms with Crippen LogP contribution >= 0.6 is 0 Å². The minimum Gasteiger partial charge on any atom is -0.356 e. The number of allylic oxidation sites excluding steroid dienone is 1. The number of pyridine rings is 1. The third-order valence-electron chi connectivity index (χ3n) is 5.34. The van der Waals surface area contributed by atoms with Gasteiger partial charge in [0.25, 0.3) is 5.91 Å². The molecule has 32 heavy (non-hydrogen) atoms. The number of aromatic nitrogens is 1. The summed E-state index contributed by atoms with van der Waals surface area (Å²) in [4.78, 5) is 19.8. The number of benzene rings is 1. The number of halogens is 2. The number of carbonyl (C=O) groups excluding carboxylic acids is 1. The van der Waals surface area contributed by atoms with Crippen LogP contribution in [-0.4, -0.2) is 40.4 Å².